The number of nitrogens with two attached hydrogens (primary N) is 1. The predicted molar refractivity (Wildman–Crippen MR) is 80.8 cm³/mol. The molecule has 1 heterocycles. The smallest absolute Gasteiger partial charge is 0.243 e. The molecule has 114 valence electrons. The zero-order chi connectivity index (χ0) is 15.1. The number of aromatic nitrogens is 3. The highest BCUT2D eigenvalue weighted by molar-refractivity contribution is 5.45. The van der Waals surface area contributed by atoms with Crippen LogP contribution in [0.3, 0.4) is 0 Å². The molecule has 0 atom stereocenters. The highest BCUT2D eigenvalue weighted by Crippen LogP contribution is 2.17. The normalized spacial score (nSPS) is 10.8. The summed E-state index contributed by atoms with van der Waals surface area (Å²) < 4.78 is 0. The van der Waals surface area contributed by atoms with Crippen LogP contribution in [-0.4, -0.2) is 52.3 Å². The summed E-state index contributed by atoms with van der Waals surface area (Å²) in [5.74, 6) is 6.84. The molecule has 0 aliphatic heterocycles. The Morgan fingerprint density at radius 3 is 2.20 bits per heavy atom. The Hall–Kier alpha value is -1.67. The number of hydrazine groups is 1. The molecule has 0 bridgehead atoms. The first-order valence-electron chi connectivity index (χ1n) is 6.92. The molecule has 0 aliphatic rings. The van der Waals surface area contributed by atoms with Gasteiger partial charge >= 0.3 is 0 Å². The maximum atomic E-state index is 9.18. The molecule has 1 aromatic heterocycles. The summed E-state index contributed by atoms with van der Waals surface area (Å²) in [7, 11) is 0. The van der Waals surface area contributed by atoms with Crippen LogP contribution in [0.1, 0.15) is 27.7 Å². The lowest BCUT2D eigenvalue weighted by molar-refractivity contribution is 0.298. The Labute approximate surface area is 120 Å². The molecule has 1 aromatic rings. The number of anilines is 3. The number of rotatable bonds is 8. The van der Waals surface area contributed by atoms with Crippen LogP contribution in [0.5, 0.6) is 0 Å². The van der Waals surface area contributed by atoms with E-state index >= 15 is 0 Å². The van der Waals surface area contributed by atoms with Crippen molar-refractivity contribution in [3.63, 3.8) is 0 Å². The third-order valence-electron chi connectivity index (χ3n) is 3.01. The minimum absolute atomic E-state index is 0.0376. The average molecular weight is 283 g/mol. The van der Waals surface area contributed by atoms with Crippen LogP contribution in [0.4, 0.5) is 17.8 Å². The van der Waals surface area contributed by atoms with E-state index in [0.29, 0.717) is 24.4 Å². The van der Waals surface area contributed by atoms with Crippen molar-refractivity contribution in [2.75, 3.05) is 41.5 Å². The molecule has 0 unspecified atom stereocenters. The van der Waals surface area contributed by atoms with E-state index in [0.717, 1.165) is 13.1 Å². The van der Waals surface area contributed by atoms with Crippen molar-refractivity contribution in [1.82, 2.24) is 15.0 Å². The van der Waals surface area contributed by atoms with Gasteiger partial charge in [0.2, 0.25) is 17.8 Å². The van der Waals surface area contributed by atoms with Crippen molar-refractivity contribution in [3.8, 4) is 0 Å². The van der Waals surface area contributed by atoms with Gasteiger partial charge in [-0.2, -0.15) is 15.0 Å². The van der Waals surface area contributed by atoms with E-state index in [4.69, 9.17) is 5.84 Å². The van der Waals surface area contributed by atoms with E-state index in [2.05, 4.69) is 20.4 Å². The first-order valence-corrected chi connectivity index (χ1v) is 6.92. The quantitative estimate of drug-likeness (QED) is 0.459. The Bertz CT molecular complexity index is 409. The molecule has 0 radical (unpaired) electrons. The van der Waals surface area contributed by atoms with Gasteiger partial charge < -0.3 is 14.9 Å². The van der Waals surface area contributed by atoms with Gasteiger partial charge in [0.1, 0.15) is 0 Å². The van der Waals surface area contributed by atoms with Crippen molar-refractivity contribution in [1.29, 1.82) is 0 Å². The van der Waals surface area contributed by atoms with Crippen LogP contribution in [-0.2, 0) is 0 Å². The molecule has 20 heavy (non-hydrogen) atoms. The van der Waals surface area contributed by atoms with Gasteiger partial charge in [-0.05, 0) is 27.7 Å². The topological polar surface area (TPSA) is 103 Å². The van der Waals surface area contributed by atoms with E-state index in [9.17, 15) is 5.11 Å². The fourth-order valence-electron chi connectivity index (χ4n) is 1.89. The maximum Gasteiger partial charge on any atom is 0.243 e. The predicted octanol–water partition coefficient (Wildman–Crippen LogP) is 0.211. The second-order valence-corrected chi connectivity index (χ2v) is 4.59. The lowest BCUT2D eigenvalue weighted by atomic mass is 10.3. The lowest BCUT2D eigenvalue weighted by Gasteiger charge is -2.27. The Kier molecular flexibility index (Phi) is 6.40. The summed E-state index contributed by atoms with van der Waals surface area (Å²) in [5, 5.41) is 9.18. The van der Waals surface area contributed by atoms with E-state index in [1.54, 1.807) is 0 Å². The Morgan fingerprint density at radius 1 is 1.15 bits per heavy atom. The number of aliphatic hydroxyl groups excluding tert-OH is 1. The van der Waals surface area contributed by atoms with Gasteiger partial charge in [0.15, 0.2) is 0 Å². The summed E-state index contributed by atoms with van der Waals surface area (Å²) in [6.07, 6.45) is 0. The molecule has 0 amide bonds. The van der Waals surface area contributed by atoms with Gasteiger partial charge in [-0.3, -0.25) is 5.43 Å². The van der Waals surface area contributed by atoms with Gasteiger partial charge in [-0.25, -0.2) is 5.84 Å². The number of hydrogen-bond donors (Lipinski definition) is 3. The SMILES string of the molecule is CCN(CC)c1nc(NN)nc(N(CCO)C(C)C)n1. The van der Waals surface area contributed by atoms with Crippen molar-refractivity contribution < 1.29 is 5.11 Å². The largest absolute Gasteiger partial charge is 0.395 e. The van der Waals surface area contributed by atoms with Gasteiger partial charge in [0.05, 0.1) is 6.61 Å². The third kappa shape index (κ3) is 3.91. The number of aliphatic hydroxyl groups is 1. The van der Waals surface area contributed by atoms with Crippen LogP contribution in [0, 0.1) is 0 Å². The molecule has 8 heteroatoms. The Balaban J connectivity index is 3.20. The highest BCUT2D eigenvalue weighted by Gasteiger charge is 2.17. The minimum atomic E-state index is 0.0376. The second kappa shape index (κ2) is 7.81. The van der Waals surface area contributed by atoms with Crippen LogP contribution in [0.25, 0.3) is 0 Å². The van der Waals surface area contributed by atoms with Crippen LogP contribution >= 0.6 is 0 Å². The Morgan fingerprint density at radius 2 is 1.75 bits per heavy atom. The molecule has 0 fully saturated rings. The standard InChI is InChI=1S/C12H25N7O/c1-5-18(6-2)11-14-10(17-13)15-12(16-11)19(7-8-20)9(3)4/h9,20H,5-8,13H2,1-4H3,(H,14,15,16,17). The minimum Gasteiger partial charge on any atom is -0.395 e. The van der Waals surface area contributed by atoms with Gasteiger partial charge in [-0.1, -0.05) is 0 Å². The molecule has 4 N–H and O–H groups in total. The number of hydrogen-bond acceptors (Lipinski definition) is 8. The summed E-state index contributed by atoms with van der Waals surface area (Å²) >= 11 is 0. The third-order valence-corrected chi connectivity index (χ3v) is 3.01. The molecule has 0 aromatic carbocycles. The maximum absolute atomic E-state index is 9.18. The fraction of sp³-hybridized carbons (Fsp3) is 0.750. The van der Waals surface area contributed by atoms with Crippen molar-refractivity contribution in [2.45, 2.75) is 33.7 Å². The lowest BCUT2D eigenvalue weighted by Crippen LogP contribution is -2.36. The molecule has 0 spiro atoms. The molecule has 8 nitrogen and oxygen atoms in total. The van der Waals surface area contributed by atoms with E-state index < -0.39 is 0 Å². The van der Waals surface area contributed by atoms with Crippen molar-refractivity contribution >= 4 is 17.8 Å². The van der Waals surface area contributed by atoms with Gasteiger partial charge in [0, 0.05) is 25.7 Å². The van der Waals surface area contributed by atoms with E-state index in [1.165, 1.54) is 0 Å². The van der Waals surface area contributed by atoms with E-state index in [1.807, 2.05) is 37.5 Å². The molecular weight excluding hydrogens is 258 g/mol. The van der Waals surface area contributed by atoms with Crippen molar-refractivity contribution in [3.05, 3.63) is 0 Å². The fourth-order valence-corrected chi connectivity index (χ4v) is 1.89. The average Bonchev–Trinajstić information content (AvgIpc) is 2.45. The van der Waals surface area contributed by atoms with Crippen LogP contribution in [0.2, 0.25) is 0 Å². The van der Waals surface area contributed by atoms with Gasteiger partial charge in [0.25, 0.3) is 0 Å². The number of nitrogens with one attached hydrogen (secondary N) is 1. The number of nitrogens with zero attached hydrogens (tertiary/aromatic N) is 5. The summed E-state index contributed by atoms with van der Waals surface area (Å²) in [4.78, 5) is 17.0. The van der Waals surface area contributed by atoms with E-state index in [-0.39, 0.29) is 12.6 Å². The first-order chi connectivity index (χ1) is 9.57. The summed E-state index contributed by atoms with van der Waals surface area (Å²) in [6, 6.07) is 0.166. The molecular formula is C12H25N7O. The van der Waals surface area contributed by atoms with Crippen LogP contribution < -0.4 is 21.1 Å². The first kappa shape index (κ1) is 16.4. The second-order valence-electron chi connectivity index (χ2n) is 4.59. The van der Waals surface area contributed by atoms with Crippen LogP contribution in [0.15, 0.2) is 0 Å². The molecule has 0 saturated carbocycles. The molecule has 0 saturated heterocycles. The number of nitrogen functional groups attached to an aromatic ring is 1. The molecule has 0 aliphatic carbocycles. The monoisotopic (exact) mass is 283 g/mol. The van der Waals surface area contributed by atoms with Gasteiger partial charge in [-0.15, -0.1) is 0 Å². The zero-order valence-corrected chi connectivity index (χ0v) is 12.7. The highest BCUT2D eigenvalue weighted by atomic mass is 16.3. The summed E-state index contributed by atoms with van der Waals surface area (Å²) in [5.41, 5.74) is 2.47. The zero-order valence-electron chi connectivity index (χ0n) is 12.7. The molecule has 1 rings (SSSR count). The summed E-state index contributed by atoms with van der Waals surface area (Å²) in [6.45, 7) is 10.2. The van der Waals surface area contributed by atoms with Crippen molar-refractivity contribution in [2.24, 2.45) is 5.84 Å².